The predicted octanol–water partition coefficient (Wildman–Crippen LogP) is 5.13. The zero-order valence-corrected chi connectivity index (χ0v) is 11.8. The summed E-state index contributed by atoms with van der Waals surface area (Å²) in [7, 11) is 0. The molecule has 0 aromatic heterocycles. The quantitative estimate of drug-likeness (QED) is 0.809. The zero-order chi connectivity index (χ0) is 14.0. The van der Waals surface area contributed by atoms with Crippen LogP contribution in [0, 0.1) is 17.5 Å². The van der Waals surface area contributed by atoms with Crippen molar-refractivity contribution in [3.05, 3.63) is 62.8 Å². The second-order valence-electron chi connectivity index (χ2n) is 3.83. The number of rotatable bonds is 3. The average molecular weight is 351 g/mol. The molecular formula is C13H8BrClF3N. The molecule has 1 nitrogen and oxygen atoms in total. The summed E-state index contributed by atoms with van der Waals surface area (Å²) >= 11 is 8.80. The summed E-state index contributed by atoms with van der Waals surface area (Å²) in [6.45, 7) is 0.0353. The van der Waals surface area contributed by atoms with Crippen LogP contribution in [-0.4, -0.2) is 0 Å². The van der Waals surface area contributed by atoms with E-state index in [0.29, 0.717) is 10.6 Å². The lowest BCUT2D eigenvalue weighted by Crippen LogP contribution is -2.04. The topological polar surface area (TPSA) is 12.0 Å². The van der Waals surface area contributed by atoms with Crippen LogP contribution in [0.3, 0.4) is 0 Å². The van der Waals surface area contributed by atoms with E-state index in [1.807, 2.05) is 0 Å². The predicted molar refractivity (Wildman–Crippen MR) is 72.8 cm³/mol. The Bertz CT molecular complexity index is 596. The number of benzene rings is 2. The van der Waals surface area contributed by atoms with E-state index < -0.39 is 17.5 Å². The van der Waals surface area contributed by atoms with E-state index in [4.69, 9.17) is 11.6 Å². The summed E-state index contributed by atoms with van der Waals surface area (Å²) in [6, 6.07) is 5.98. The van der Waals surface area contributed by atoms with Crippen LogP contribution < -0.4 is 5.32 Å². The lowest BCUT2D eigenvalue weighted by atomic mass is 10.2. The number of hydrogen-bond acceptors (Lipinski definition) is 1. The van der Waals surface area contributed by atoms with Gasteiger partial charge in [-0.25, -0.2) is 13.2 Å². The summed E-state index contributed by atoms with van der Waals surface area (Å²) in [5.74, 6) is -1.89. The van der Waals surface area contributed by atoms with Crippen molar-refractivity contribution < 1.29 is 13.2 Å². The molecule has 0 heterocycles. The van der Waals surface area contributed by atoms with Crippen molar-refractivity contribution in [3.8, 4) is 0 Å². The highest BCUT2D eigenvalue weighted by Gasteiger charge is 2.10. The van der Waals surface area contributed by atoms with Gasteiger partial charge in [0, 0.05) is 27.7 Å². The molecule has 0 fully saturated rings. The summed E-state index contributed by atoms with van der Waals surface area (Å²) in [5, 5.41) is 3.09. The second kappa shape index (κ2) is 5.84. The van der Waals surface area contributed by atoms with Crippen molar-refractivity contribution in [3.63, 3.8) is 0 Å². The molecule has 0 unspecified atom stereocenters. The maximum atomic E-state index is 13.5. The van der Waals surface area contributed by atoms with E-state index in [1.54, 1.807) is 0 Å². The van der Waals surface area contributed by atoms with Crippen LogP contribution in [0.2, 0.25) is 5.02 Å². The third kappa shape index (κ3) is 3.42. The molecule has 0 aliphatic rings. The van der Waals surface area contributed by atoms with Crippen molar-refractivity contribution in [2.75, 3.05) is 5.32 Å². The average Bonchev–Trinajstić information content (AvgIpc) is 2.32. The van der Waals surface area contributed by atoms with E-state index in [1.165, 1.54) is 18.2 Å². The third-order valence-electron chi connectivity index (χ3n) is 2.47. The van der Waals surface area contributed by atoms with Crippen LogP contribution in [-0.2, 0) is 6.54 Å². The molecule has 0 aliphatic heterocycles. The Labute approximate surface area is 121 Å². The van der Waals surface area contributed by atoms with Crippen molar-refractivity contribution in [1.29, 1.82) is 0 Å². The summed E-state index contributed by atoms with van der Waals surface area (Å²) < 4.78 is 40.2. The van der Waals surface area contributed by atoms with Gasteiger partial charge >= 0.3 is 0 Å². The van der Waals surface area contributed by atoms with Gasteiger partial charge in [0.25, 0.3) is 0 Å². The van der Waals surface area contributed by atoms with Crippen molar-refractivity contribution in [2.45, 2.75) is 6.54 Å². The van der Waals surface area contributed by atoms with Gasteiger partial charge in [0.15, 0.2) is 0 Å². The van der Waals surface area contributed by atoms with E-state index in [0.717, 1.165) is 12.1 Å². The fraction of sp³-hybridized carbons (Fsp3) is 0.0769. The molecule has 2 aromatic rings. The zero-order valence-electron chi connectivity index (χ0n) is 9.48. The fourth-order valence-corrected chi connectivity index (χ4v) is 2.32. The van der Waals surface area contributed by atoms with Crippen LogP contribution in [0.25, 0.3) is 0 Å². The Hall–Kier alpha value is -1.20. The van der Waals surface area contributed by atoms with Gasteiger partial charge < -0.3 is 5.32 Å². The minimum Gasteiger partial charge on any atom is -0.378 e. The normalized spacial score (nSPS) is 10.6. The highest BCUT2D eigenvalue weighted by Crippen LogP contribution is 2.27. The number of nitrogens with one attached hydrogen (secondary N) is 1. The van der Waals surface area contributed by atoms with E-state index in [-0.39, 0.29) is 16.7 Å². The monoisotopic (exact) mass is 349 g/mol. The van der Waals surface area contributed by atoms with Gasteiger partial charge in [-0.1, -0.05) is 11.6 Å². The van der Waals surface area contributed by atoms with Gasteiger partial charge in [-0.3, -0.25) is 0 Å². The molecule has 0 atom stereocenters. The van der Waals surface area contributed by atoms with Crippen molar-refractivity contribution in [2.24, 2.45) is 0 Å². The molecule has 2 aromatic carbocycles. The molecule has 0 spiro atoms. The summed E-state index contributed by atoms with van der Waals surface area (Å²) in [5.41, 5.74) is 0.365. The smallest absolute Gasteiger partial charge is 0.150 e. The lowest BCUT2D eigenvalue weighted by Gasteiger charge is -2.11. The molecule has 19 heavy (non-hydrogen) atoms. The Morgan fingerprint density at radius 1 is 1.05 bits per heavy atom. The highest BCUT2D eigenvalue weighted by molar-refractivity contribution is 9.10. The first-order valence-electron chi connectivity index (χ1n) is 5.29. The third-order valence-corrected chi connectivity index (χ3v) is 3.33. The number of anilines is 1. The standard InChI is InChI=1S/C13H8BrClF3N/c14-10-4-9(16)5-12(18)13(10)19-6-7-3-8(15)1-2-11(7)17/h1-5,19H,6H2. The maximum Gasteiger partial charge on any atom is 0.150 e. The molecule has 0 saturated carbocycles. The molecular weight excluding hydrogens is 343 g/mol. The number of halogens is 5. The van der Waals surface area contributed by atoms with Gasteiger partial charge in [-0.2, -0.15) is 0 Å². The Kier molecular flexibility index (Phi) is 4.37. The first-order chi connectivity index (χ1) is 8.97. The molecule has 0 bridgehead atoms. The number of hydrogen-bond donors (Lipinski definition) is 1. The Morgan fingerprint density at radius 3 is 2.47 bits per heavy atom. The summed E-state index contributed by atoms with van der Waals surface area (Å²) in [6.07, 6.45) is 0. The van der Waals surface area contributed by atoms with Crippen LogP contribution in [0.5, 0.6) is 0 Å². The SMILES string of the molecule is Fc1cc(F)c(NCc2cc(Cl)ccc2F)c(Br)c1. The van der Waals surface area contributed by atoms with Gasteiger partial charge in [0.05, 0.1) is 5.69 Å². The molecule has 100 valence electrons. The molecule has 0 radical (unpaired) electrons. The van der Waals surface area contributed by atoms with Gasteiger partial charge in [0.1, 0.15) is 17.5 Å². The molecule has 2 rings (SSSR count). The van der Waals surface area contributed by atoms with Gasteiger partial charge in [-0.15, -0.1) is 0 Å². The van der Waals surface area contributed by atoms with Crippen LogP contribution in [0.1, 0.15) is 5.56 Å². The first kappa shape index (κ1) is 14.2. The molecule has 1 N–H and O–H groups in total. The van der Waals surface area contributed by atoms with Crippen LogP contribution in [0.4, 0.5) is 18.9 Å². The Morgan fingerprint density at radius 2 is 1.79 bits per heavy atom. The van der Waals surface area contributed by atoms with Crippen molar-refractivity contribution >= 4 is 33.2 Å². The minimum absolute atomic E-state index is 0.0353. The lowest BCUT2D eigenvalue weighted by molar-refractivity contribution is 0.582. The van der Waals surface area contributed by atoms with Crippen LogP contribution >= 0.6 is 27.5 Å². The minimum atomic E-state index is -0.755. The second-order valence-corrected chi connectivity index (χ2v) is 5.12. The molecule has 0 amide bonds. The molecule has 6 heteroatoms. The van der Waals surface area contributed by atoms with Crippen LogP contribution in [0.15, 0.2) is 34.8 Å². The fourth-order valence-electron chi connectivity index (χ4n) is 1.57. The highest BCUT2D eigenvalue weighted by atomic mass is 79.9. The molecule has 0 aliphatic carbocycles. The van der Waals surface area contributed by atoms with E-state index in [2.05, 4.69) is 21.2 Å². The van der Waals surface area contributed by atoms with Gasteiger partial charge in [0.2, 0.25) is 0 Å². The van der Waals surface area contributed by atoms with E-state index in [9.17, 15) is 13.2 Å². The largest absolute Gasteiger partial charge is 0.378 e. The van der Waals surface area contributed by atoms with Crippen molar-refractivity contribution in [1.82, 2.24) is 0 Å². The van der Waals surface area contributed by atoms with Gasteiger partial charge in [-0.05, 0) is 40.2 Å². The Balaban J connectivity index is 2.21. The maximum absolute atomic E-state index is 13.5. The molecule has 0 saturated heterocycles. The summed E-state index contributed by atoms with van der Waals surface area (Å²) in [4.78, 5) is 0. The first-order valence-corrected chi connectivity index (χ1v) is 6.47. The van der Waals surface area contributed by atoms with E-state index >= 15 is 0 Å².